The average molecular weight is 766 g/mol. The molecule has 2 atom stereocenters. The summed E-state index contributed by atoms with van der Waals surface area (Å²) in [6.07, 6.45) is 0. The molecule has 2 unspecified atom stereocenters. The Morgan fingerprint density at radius 3 is 1.09 bits per heavy atom. The average Bonchev–Trinajstić information content (AvgIpc) is 3.69. The quantitative estimate of drug-likeness (QED) is 0.199. The summed E-state index contributed by atoms with van der Waals surface area (Å²) in [5.74, 6) is 1.22. The first-order chi connectivity index (χ1) is 19.8. The van der Waals surface area contributed by atoms with Crippen LogP contribution < -0.4 is 37.2 Å². The van der Waals surface area contributed by atoms with Crippen LogP contribution >= 0.6 is 0 Å². The summed E-state index contributed by atoms with van der Waals surface area (Å²) in [4.78, 5) is 25.1. The summed E-state index contributed by atoms with van der Waals surface area (Å²) in [6.45, 7) is 0. The van der Waals surface area contributed by atoms with Gasteiger partial charge in [-0.15, -0.1) is 0 Å². The number of halogens is 3. The minimum Gasteiger partial charge on any atom is -1.00 e. The van der Waals surface area contributed by atoms with Gasteiger partial charge < -0.3 is 37.2 Å². The van der Waals surface area contributed by atoms with Crippen molar-refractivity contribution in [3.05, 3.63) is 173 Å². The zero-order valence-corrected chi connectivity index (χ0v) is 28.8. The Morgan fingerprint density at radius 2 is 0.727 bits per heavy atom. The fourth-order valence-electron chi connectivity index (χ4n) is 5.10. The molecule has 0 bridgehead atoms. The van der Waals surface area contributed by atoms with Crippen LogP contribution in [0.1, 0.15) is 45.7 Å². The van der Waals surface area contributed by atoms with Crippen LogP contribution in [0.3, 0.4) is 0 Å². The first kappa shape index (κ1) is 35.4. The molecule has 0 saturated carbocycles. The van der Waals surface area contributed by atoms with Crippen LogP contribution in [0.2, 0.25) is 0 Å². The van der Waals surface area contributed by atoms with Crippen molar-refractivity contribution in [1.29, 1.82) is 0 Å². The van der Waals surface area contributed by atoms with E-state index in [4.69, 9.17) is 25.0 Å². The first-order valence-corrected chi connectivity index (χ1v) is 13.3. The number of nitrogens with zero attached hydrogens (tertiary/aromatic N) is 5. The van der Waals surface area contributed by atoms with Gasteiger partial charge >= 0.3 is 40.8 Å². The van der Waals surface area contributed by atoms with Crippen molar-refractivity contribution in [2.75, 3.05) is 0 Å². The van der Waals surface area contributed by atoms with Crippen molar-refractivity contribution < 1.29 is 78.1 Å². The largest absolute Gasteiger partial charge is 3.00 e. The Kier molecular flexibility index (Phi) is 13.1. The number of rotatable bonds is 6. The van der Waals surface area contributed by atoms with E-state index in [9.17, 15) is 0 Å². The number of hydrogen-bond donors (Lipinski definition) is 0. The molecule has 2 aliphatic heterocycles. The van der Waals surface area contributed by atoms with Gasteiger partial charge in [0.05, 0.1) is 11.4 Å². The zero-order valence-electron chi connectivity index (χ0n) is 23.3. The van der Waals surface area contributed by atoms with E-state index in [1.54, 1.807) is 0 Å². The molecule has 1 radical (unpaired) electrons. The summed E-state index contributed by atoms with van der Waals surface area (Å²) in [5, 5.41) is 0. The predicted molar refractivity (Wildman–Crippen MR) is 162 cm³/mol. The minimum absolute atomic E-state index is 0. The molecule has 9 heteroatoms. The second kappa shape index (κ2) is 16.3. The number of hydrogen-bond acceptors (Lipinski definition) is 5. The molecule has 215 valence electrons. The van der Waals surface area contributed by atoms with Gasteiger partial charge in [0.25, 0.3) is 0 Å². The molecule has 0 fully saturated rings. The Morgan fingerprint density at radius 1 is 0.386 bits per heavy atom. The smallest absolute Gasteiger partial charge is 1.00 e. The fourth-order valence-corrected chi connectivity index (χ4v) is 5.10. The van der Waals surface area contributed by atoms with Gasteiger partial charge in [-0.05, 0) is 34.4 Å². The Balaban J connectivity index is 0.00000132. The van der Waals surface area contributed by atoms with Crippen LogP contribution in [0.4, 0.5) is 0 Å². The minimum atomic E-state index is -0.196. The number of aromatic nitrogens is 1. The third-order valence-electron chi connectivity index (χ3n) is 7.05. The molecule has 44 heavy (non-hydrogen) atoms. The Bertz CT molecular complexity index is 1670. The van der Waals surface area contributed by atoms with E-state index in [1.807, 2.05) is 91.0 Å². The summed E-state index contributed by atoms with van der Waals surface area (Å²) < 4.78 is 0. The van der Waals surface area contributed by atoms with Gasteiger partial charge in [-0.3, -0.25) is 9.98 Å². The molecular formula is C35H25Cl3N5Nd. The molecule has 7 rings (SSSR count). The van der Waals surface area contributed by atoms with E-state index >= 15 is 0 Å². The van der Waals surface area contributed by atoms with Gasteiger partial charge in [0, 0.05) is 0 Å². The molecule has 0 amide bonds. The SMILES string of the molecule is [Cl-].[Cl-].[Cl-].[Nd+3].c1ccc(C2=NC(c3cccc(C4=NC(c5ccccc5)C(c5ccccc5)=N4)n3)=NC2c2ccccc2)cc1. The van der Waals surface area contributed by atoms with E-state index < -0.39 is 0 Å². The summed E-state index contributed by atoms with van der Waals surface area (Å²) in [6, 6.07) is 46.5. The maximum atomic E-state index is 5.05. The maximum absolute atomic E-state index is 5.05. The predicted octanol–water partition coefficient (Wildman–Crippen LogP) is -1.92. The van der Waals surface area contributed by atoms with Crippen molar-refractivity contribution in [3.8, 4) is 0 Å². The van der Waals surface area contributed by atoms with Crippen molar-refractivity contribution >= 4 is 23.1 Å². The summed E-state index contributed by atoms with van der Waals surface area (Å²) >= 11 is 0. The number of amidine groups is 2. The topological polar surface area (TPSA) is 62.3 Å². The van der Waals surface area contributed by atoms with E-state index in [0.717, 1.165) is 33.7 Å². The molecular weight excluding hydrogens is 741 g/mol. The molecule has 5 aromatic rings. The van der Waals surface area contributed by atoms with Gasteiger partial charge in [0.2, 0.25) is 0 Å². The number of aliphatic imine (C=N–C) groups is 4. The van der Waals surface area contributed by atoms with Crippen LogP contribution in [0.15, 0.2) is 159 Å². The fraction of sp³-hybridized carbons (Fsp3) is 0.0571. The van der Waals surface area contributed by atoms with Crippen molar-refractivity contribution in [2.24, 2.45) is 20.0 Å². The van der Waals surface area contributed by atoms with Crippen LogP contribution in [0.25, 0.3) is 0 Å². The van der Waals surface area contributed by atoms with Crippen LogP contribution in [0, 0.1) is 40.8 Å². The van der Waals surface area contributed by atoms with Crippen LogP contribution in [-0.2, 0) is 0 Å². The molecule has 0 spiro atoms. The molecule has 0 N–H and O–H groups in total. The van der Waals surface area contributed by atoms with Crippen LogP contribution in [-0.4, -0.2) is 28.1 Å². The van der Waals surface area contributed by atoms with Gasteiger partial charge in [0.15, 0.2) is 11.7 Å². The van der Waals surface area contributed by atoms with Gasteiger partial charge in [-0.25, -0.2) is 15.0 Å². The van der Waals surface area contributed by atoms with Gasteiger partial charge in [0.1, 0.15) is 23.5 Å². The van der Waals surface area contributed by atoms with Crippen molar-refractivity contribution in [2.45, 2.75) is 12.1 Å². The van der Waals surface area contributed by atoms with Crippen molar-refractivity contribution in [1.82, 2.24) is 4.98 Å². The summed E-state index contributed by atoms with van der Waals surface area (Å²) in [7, 11) is 0. The van der Waals surface area contributed by atoms with E-state index in [2.05, 4.69) is 48.5 Å². The second-order valence-electron chi connectivity index (χ2n) is 9.67. The third kappa shape index (κ3) is 7.41. The Hall–Kier alpha value is -3.07. The van der Waals surface area contributed by atoms with E-state index in [-0.39, 0.29) is 90.1 Å². The number of benzene rings is 4. The third-order valence-corrected chi connectivity index (χ3v) is 7.05. The van der Waals surface area contributed by atoms with Gasteiger partial charge in [-0.1, -0.05) is 127 Å². The standard InChI is InChI=1S/C35H25N5.3ClH.Nd/c1-5-14-24(15-6-1)30-31(25-16-7-2-8-17-25)38-34(37-30)28-22-13-23-29(36-28)35-39-32(26-18-9-3-10-19-26)33(40-35)27-20-11-4-12-21-27;;;;/h1-23,30,32H;3*1H;/q;;;;+3/p-3. The number of pyridine rings is 1. The summed E-state index contributed by atoms with van der Waals surface area (Å²) in [5.41, 5.74) is 7.53. The normalized spacial score (nSPS) is 16.5. The van der Waals surface area contributed by atoms with E-state index in [1.165, 1.54) is 0 Å². The molecule has 1 aromatic heterocycles. The molecule has 5 nitrogen and oxygen atoms in total. The molecule has 3 heterocycles. The molecule has 0 aliphatic carbocycles. The molecule has 0 saturated heterocycles. The molecule has 2 aliphatic rings. The van der Waals surface area contributed by atoms with Crippen LogP contribution in [0.5, 0.6) is 0 Å². The molecule has 4 aromatic carbocycles. The second-order valence-corrected chi connectivity index (χ2v) is 9.67. The zero-order chi connectivity index (χ0) is 26.7. The van der Waals surface area contributed by atoms with E-state index in [0.29, 0.717) is 23.1 Å². The first-order valence-electron chi connectivity index (χ1n) is 13.3. The van der Waals surface area contributed by atoms with Gasteiger partial charge in [-0.2, -0.15) is 0 Å². The monoisotopic (exact) mass is 762 g/mol. The maximum Gasteiger partial charge on any atom is 3.00 e. The Labute approximate surface area is 308 Å². The van der Waals surface area contributed by atoms with Crippen molar-refractivity contribution in [3.63, 3.8) is 0 Å².